The summed E-state index contributed by atoms with van der Waals surface area (Å²) < 4.78 is 0.891. The molecule has 0 aliphatic carbocycles. The van der Waals surface area contributed by atoms with Gasteiger partial charge in [-0.25, -0.2) is 0 Å². The average molecular weight is 288 g/mol. The number of hydrogen-bond acceptors (Lipinski definition) is 2. The van der Waals surface area contributed by atoms with Crippen LogP contribution in [0.15, 0.2) is 12.1 Å². The van der Waals surface area contributed by atoms with Crippen molar-refractivity contribution in [3.8, 4) is 0 Å². The molecule has 3 heteroatoms. The third kappa shape index (κ3) is 6.21. The van der Waals surface area contributed by atoms with Crippen LogP contribution < -0.4 is 5.32 Å². The zero-order chi connectivity index (χ0) is 13.8. The minimum atomic E-state index is 0.421. The Morgan fingerprint density at radius 3 is 2.44 bits per heavy atom. The number of thiophene rings is 1. The van der Waals surface area contributed by atoms with Crippen LogP contribution in [0.5, 0.6) is 0 Å². The lowest BCUT2D eigenvalue weighted by Crippen LogP contribution is -2.30. The fourth-order valence-electron chi connectivity index (χ4n) is 2.62. The Labute approximate surface area is 121 Å². The van der Waals surface area contributed by atoms with Crippen LogP contribution in [0, 0.1) is 11.3 Å². The quantitative estimate of drug-likeness (QED) is 0.777. The molecule has 0 aromatic carbocycles. The van der Waals surface area contributed by atoms with Crippen molar-refractivity contribution in [1.82, 2.24) is 5.32 Å². The summed E-state index contributed by atoms with van der Waals surface area (Å²) in [7, 11) is 2.06. The van der Waals surface area contributed by atoms with Gasteiger partial charge in [-0.05, 0) is 49.8 Å². The summed E-state index contributed by atoms with van der Waals surface area (Å²) in [5, 5.41) is 3.44. The number of hydrogen-bond donors (Lipinski definition) is 1. The maximum Gasteiger partial charge on any atom is 0.0931 e. The highest BCUT2D eigenvalue weighted by Gasteiger charge is 2.19. The maximum absolute atomic E-state index is 5.98. The molecule has 1 nitrogen and oxygen atoms in total. The molecule has 0 aliphatic heterocycles. The molecule has 0 bridgehead atoms. The number of nitrogens with one attached hydrogen (secondary N) is 1. The molecule has 2 atom stereocenters. The van der Waals surface area contributed by atoms with E-state index in [2.05, 4.69) is 46.1 Å². The van der Waals surface area contributed by atoms with Gasteiger partial charge in [-0.1, -0.05) is 39.3 Å². The highest BCUT2D eigenvalue weighted by atomic mass is 35.5. The van der Waals surface area contributed by atoms with Gasteiger partial charge in [-0.3, -0.25) is 0 Å². The molecule has 0 aliphatic rings. The Morgan fingerprint density at radius 2 is 2.00 bits per heavy atom. The van der Waals surface area contributed by atoms with E-state index in [1.165, 1.54) is 17.7 Å². The first-order chi connectivity index (χ1) is 8.30. The van der Waals surface area contributed by atoms with E-state index in [9.17, 15) is 0 Å². The van der Waals surface area contributed by atoms with E-state index in [1.54, 1.807) is 11.3 Å². The predicted molar refractivity (Wildman–Crippen MR) is 83.7 cm³/mol. The topological polar surface area (TPSA) is 12.0 Å². The minimum Gasteiger partial charge on any atom is -0.317 e. The van der Waals surface area contributed by atoms with Crippen molar-refractivity contribution in [1.29, 1.82) is 0 Å². The van der Waals surface area contributed by atoms with Crippen LogP contribution in [0.2, 0.25) is 4.34 Å². The Morgan fingerprint density at radius 1 is 1.33 bits per heavy atom. The summed E-state index contributed by atoms with van der Waals surface area (Å²) in [5.74, 6) is 0.748. The monoisotopic (exact) mass is 287 g/mol. The van der Waals surface area contributed by atoms with Gasteiger partial charge in [0.2, 0.25) is 0 Å². The lowest BCUT2D eigenvalue weighted by atomic mass is 9.82. The molecule has 0 amide bonds. The summed E-state index contributed by atoms with van der Waals surface area (Å²) in [4.78, 5) is 1.38. The fraction of sp³-hybridized carbons (Fsp3) is 0.733. The van der Waals surface area contributed by atoms with E-state index in [4.69, 9.17) is 11.6 Å². The summed E-state index contributed by atoms with van der Waals surface area (Å²) in [5.41, 5.74) is 0.421. The van der Waals surface area contributed by atoms with Crippen molar-refractivity contribution in [3.05, 3.63) is 21.3 Å². The van der Waals surface area contributed by atoms with Gasteiger partial charge in [-0.2, -0.15) is 0 Å². The molecule has 1 rings (SSSR count). The van der Waals surface area contributed by atoms with Crippen LogP contribution in [0.3, 0.4) is 0 Å². The van der Waals surface area contributed by atoms with Crippen molar-refractivity contribution < 1.29 is 0 Å². The molecule has 1 aromatic heterocycles. The Balaban J connectivity index is 2.46. The van der Waals surface area contributed by atoms with Crippen LogP contribution in [-0.4, -0.2) is 13.1 Å². The largest absolute Gasteiger partial charge is 0.317 e. The van der Waals surface area contributed by atoms with Crippen LogP contribution in [0.4, 0.5) is 0 Å². The first-order valence-electron chi connectivity index (χ1n) is 6.71. The zero-order valence-corrected chi connectivity index (χ0v) is 13.8. The molecule has 104 valence electrons. The van der Waals surface area contributed by atoms with Crippen molar-refractivity contribution in [2.45, 2.75) is 53.0 Å². The van der Waals surface area contributed by atoms with Gasteiger partial charge in [0.05, 0.1) is 4.34 Å². The average Bonchev–Trinajstić information content (AvgIpc) is 2.60. The molecule has 0 radical (unpaired) electrons. The van der Waals surface area contributed by atoms with Gasteiger partial charge >= 0.3 is 0 Å². The van der Waals surface area contributed by atoms with Crippen molar-refractivity contribution in [3.63, 3.8) is 0 Å². The molecule has 1 N–H and O–H groups in total. The molecule has 2 unspecified atom stereocenters. The van der Waals surface area contributed by atoms with E-state index < -0.39 is 0 Å². The standard InChI is InChI=1S/C15H26ClNS/c1-11(10-15(2,3)4)8-12(17-5)9-13-6-7-14(16)18-13/h6-7,11-12,17H,8-10H2,1-5H3. The molecular formula is C15H26ClNS. The molecule has 18 heavy (non-hydrogen) atoms. The van der Waals surface area contributed by atoms with Crippen LogP contribution in [0.1, 0.15) is 45.4 Å². The van der Waals surface area contributed by atoms with E-state index in [1.807, 2.05) is 6.07 Å². The predicted octanol–water partition coefficient (Wildman–Crippen LogP) is 4.99. The Hall–Kier alpha value is -0.0500. The van der Waals surface area contributed by atoms with Crippen LogP contribution in [0.25, 0.3) is 0 Å². The van der Waals surface area contributed by atoms with Gasteiger partial charge in [0.1, 0.15) is 0 Å². The van der Waals surface area contributed by atoms with E-state index in [0.717, 1.165) is 16.7 Å². The third-order valence-electron chi connectivity index (χ3n) is 3.13. The fourth-order valence-corrected chi connectivity index (χ4v) is 3.79. The van der Waals surface area contributed by atoms with Crippen LogP contribution in [-0.2, 0) is 6.42 Å². The van der Waals surface area contributed by atoms with E-state index >= 15 is 0 Å². The van der Waals surface area contributed by atoms with Gasteiger partial charge < -0.3 is 5.32 Å². The molecule has 0 spiro atoms. The molecule has 0 fully saturated rings. The third-order valence-corrected chi connectivity index (χ3v) is 4.39. The molecule has 0 saturated heterocycles. The summed E-state index contributed by atoms with van der Waals surface area (Å²) >= 11 is 7.68. The van der Waals surface area contributed by atoms with Gasteiger partial charge in [0.15, 0.2) is 0 Å². The second-order valence-corrected chi connectivity index (χ2v) is 8.30. The first kappa shape index (κ1) is 16.0. The highest BCUT2D eigenvalue weighted by molar-refractivity contribution is 7.16. The van der Waals surface area contributed by atoms with Crippen LogP contribution >= 0.6 is 22.9 Å². The van der Waals surface area contributed by atoms with E-state index in [-0.39, 0.29) is 0 Å². The van der Waals surface area contributed by atoms with Crippen molar-refractivity contribution in [2.75, 3.05) is 7.05 Å². The molecular weight excluding hydrogens is 262 g/mol. The van der Waals surface area contributed by atoms with Crippen molar-refractivity contribution in [2.24, 2.45) is 11.3 Å². The first-order valence-corrected chi connectivity index (χ1v) is 7.91. The number of rotatable bonds is 6. The summed E-state index contributed by atoms with van der Waals surface area (Å²) in [6.45, 7) is 9.31. The van der Waals surface area contributed by atoms with Gasteiger partial charge in [-0.15, -0.1) is 11.3 Å². The minimum absolute atomic E-state index is 0.421. The maximum atomic E-state index is 5.98. The Bertz CT molecular complexity index is 354. The van der Waals surface area contributed by atoms with E-state index in [0.29, 0.717) is 11.5 Å². The second kappa shape index (κ2) is 6.93. The molecule has 1 aromatic rings. The normalized spacial score (nSPS) is 15.7. The second-order valence-electron chi connectivity index (χ2n) is 6.50. The lowest BCUT2D eigenvalue weighted by molar-refractivity contribution is 0.277. The number of halogens is 1. The van der Waals surface area contributed by atoms with Crippen molar-refractivity contribution >= 4 is 22.9 Å². The smallest absolute Gasteiger partial charge is 0.0931 e. The molecule has 1 heterocycles. The summed E-state index contributed by atoms with van der Waals surface area (Å²) in [6.07, 6.45) is 3.59. The Kier molecular flexibility index (Phi) is 6.16. The lowest BCUT2D eigenvalue weighted by Gasteiger charge is -2.26. The molecule has 0 saturated carbocycles. The highest BCUT2D eigenvalue weighted by Crippen LogP contribution is 2.28. The number of likely N-dealkylation sites (N-methyl/N-ethyl adjacent to an activating group) is 1. The zero-order valence-electron chi connectivity index (χ0n) is 12.2. The summed E-state index contributed by atoms with van der Waals surface area (Å²) in [6, 6.07) is 4.69. The SMILES string of the molecule is CNC(Cc1ccc(Cl)s1)CC(C)CC(C)(C)C. The van der Waals surface area contributed by atoms with Gasteiger partial charge in [0.25, 0.3) is 0 Å². The van der Waals surface area contributed by atoms with Gasteiger partial charge in [0, 0.05) is 10.9 Å².